The fourth-order valence-corrected chi connectivity index (χ4v) is 2.43. The molecule has 7 heteroatoms. The summed E-state index contributed by atoms with van der Waals surface area (Å²) in [4.78, 5) is 14.5. The smallest absolute Gasteiger partial charge is 0.270 e. The first-order valence-electron chi connectivity index (χ1n) is 6.52. The first kappa shape index (κ1) is 13.4. The Hall–Kier alpha value is -2.54. The molecule has 0 saturated carbocycles. The number of aliphatic hydroxyl groups is 1. The average molecular weight is 286 g/mol. The molecule has 108 valence electrons. The summed E-state index contributed by atoms with van der Waals surface area (Å²) in [7, 11) is 1.79. The SMILES string of the molecule is CC1C=C(c2nn(C)c3ccc([N+](=O)[O-])cc23)C=NC1O. The number of aliphatic imine (C=N–C) groups is 1. The molecule has 2 aromatic rings. The van der Waals surface area contributed by atoms with E-state index >= 15 is 0 Å². The van der Waals surface area contributed by atoms with Crippen molar-refractivity contribution < 1.29 is 10.0 Å². The molecule has 1 aliphatic heterocycles. The Morgan fingerprint density at radius 3 is 2.86 bits per heavy atom. The number of hydrogen-bond donors (Lipinski definition) is 1. The van der Waals surface area contributed by atoms with Crippen LogP contribution in [0.2, 0.25) is 0 Å². The molecule has 0 spiro atoms. The highest BCUT2D eigenvalue weighted by molar-refractivity contribution is 6.14. The van der Waals surface area contributed by atoms with Gasteiger partial charge in [-0.3, -0.25) is 19.8 Å². The second kappa shape index (κ2) is 4.78. The molecule has 2 unspecified atom stereocenters. The molecule has 1 aromatic heterocycles. The van der Waals surface area contributed by atoms with Crippen LogP contribution in [0.15, 0.2) is 29.3 Å². The number of dihydropyridines is 1. The van der Waals surface area contributed by atoms with Crippen molar-refractivity contribution in [3.05, 3.63) is 40.1 Å². The number of nitro groups is 1. The molecule has 7 nitrogen and oxygen atoms in total. The van der Waals surface area contributed by atoms with Gasteiger partial charge >= 0.3 is 0 Å². The molecular formula is C14H14N4O3. The summed E-state index contributed by atoms with van der Waals surface area (Å²) in [5.74, 6) is -0.124. The summed E-state index contributed by atoms with van der Waals surface area (Å²) in [5, 5.41) is 25.7. The second-order valence-corrected chi connectivity index (χ2v) is 5.10. The zero-order valence-corrected chi connectivity index (χ0v) is 11.6. The third kappa shape index (κ3) is 2.21. The van der Waals surface area contributed by atoms with Crippen molar-refractivity contribution in [2.75, 3.05) is 0 Å². The Morgan fingerprint density at radius 1 is 1.43 bits per heavy atom. The summed E-state index contributed by atoms with van der Waals surface area (Å²) in [6.07, 6.45) is 2.68. The Balaban J connectivity index is 2.19. The molecule has 2 heterocycles. The minimum atomic E-state index is -0.752. The lowest BCUT2D eigenvalue weighted by molar-refractivity contribution is -0.384. The predicted octanol–water partition coefficient (Wildman–Crippen LogP) is 1.90. The molecular weight excluding hydrogens is 272 g/mol. The number of nitro benzene ring substituents is 1. The lowest BCUT2D eigenvalue weighted by Gasteiger charge is -2.16. The third-order valence-corrected chi connectivity index (χ3v) is 3.60. The largest absolute Gasteiger partial charge is 0.371 e. The number of aromatic nitrogens is 2. The molecule has 0 bridgehead atoms. The summed E-state index contributed by atoms with van der Waals surface area (Å²) in [6.45, 7) is 1.86. The van der Waals surface area contributed by atoms with E-state index in [-0.39, 0.29) is 11.6 Å². The standard InChI is InChI=1S/C14H14N4O3/c1-8-5-9(7-15-14(8)19)13-11-6-10(18(20)21)3-4-12(11)17(2)16-13/h3-8,14,19H,1-2H3. The number of non-ortho nitro benzene ring substituents is 1. The quantitative estimate of drug-likeness (QED) is 0.674. The number of nitrogens with zero attached hydrogens (tertiary/aromatic N) is 4. The van der Waals surface area contributed by atoms with E-state index in [4.69, 9.17) is 0 Å². The van der Waals surface area contributed by atoms with Gasteiger partial charge in [-0.05, 0) is 6.07 Å². The molecule has 0 fully saturated rings. The van der Waals surface area contributed by atoms with Gasteiger partial charge in [-0.2, -0.15) is 5.10 Å². The maximum absolute atomic E-state index is 10.9. The number of rotatable bonds is 2. The number of allylic oxidation sites excluding steroid dienone is 1. The van der Waals surface area contributed by atoms with Gasteiger partial charge in [0.25, 0.3) is 5.69 Å². The van der Waals surface area contributed by atoms with Gasteiger partial charge < -0.3 is 5.11 Å². The van der Waals surface area contributed by atoms with E-state index in [2.05, 4.69) is 10.1 Å². The van der Waals surface area contributed by atoms with E-state index in [1.807, 2.05) is 13.0 Å². The molecule has 0 amide bonds. The number of hydrogen-bond acceptors (Lipinski definition) is 5. The van der Waals surface area contributed by atoms with Gasteiger partial charge in [0.05, 0.1) is 10.4 Å². The van der Waals surface area contributed by atoms with E-state index in [1.54, 1.807) is 24.0 Å². The van der Waals surface area contributed by atoms with E-state index in [1.165, 1.54) is 12.1 Å². The van der Waals surface area contributed by atoms with Crippen LogP contribution in [-0.4, -0.2) is 32.3 Å². The minimum absolute atomic E-state index is 0.0261. The summed E-state index contributed by atoms with van der Waals surface area (Å²) < 4.78 is 1.68. The average Bonchev–Trinajstić information content (AvgIpc) is 2.79. The Labute approximate surface area is 120 Å². The monoisotopic (exact) mass is 286 g/mol. The van der Waals surface area contributed by atoms with Crippen molar-refractivity contribution in [1.29, 1.82) is 0 Å². The van der Waals surface area contributed by atoms with Crippen LogP contribution >= 0.6 is 0 Å². The van der Waals surface area contributed by atoms with Crippen LogP contribution in [0.25, 0.3) is 16.5 Å². The van der Waals surface area contributed by atoms with Crippen LogP contribution in [0.3, 0.4) is 0 Å². The van der Waals surface area contributed by atoms with Crippen molar-refractivity contribution in [3.8, 4) is 0 Å². The van der Waals surface area contributed by atoms with Crippen molar-refractivity contribution in [1.82, 2.24) is 9.78 Å². The zero-order valence-electron chi connectivity index (χ0n) is 11.6. The first-order valence-corrected chi connectivity index (χ1v) is 6.52. The molecule has 3 rings (SSSR count). The van der Waals surface area contributed by atoms with Crippen molar-refractivity contribution in [2.24, 2.45) is 18.0 Å². The van der Waals surface area contributed by atoms with Crippen LogP contribution < -0.4 is 0 Å². The lowest BCUT2D eigenvalue weighted by Crippen LogP contribution is -2.17. The topological polar surface area (TPSA) is 93.5 Å². The Kier molecular flexibility index (Phi) is 3.06. The summed E-state index contributed by atoms with van der Waals surface area (Å²) in [5.41, 5.74) is 2.24. The maximum Gasteiger partial charge on any atom is 0.270 e. The molecule has 0 aliphatic carbocycles. The number of aryl methyl sites for hydroxylation is 1. The van der Waals surface area contributed by atoms with Crippen LogP contribution in [-0.2, 0) is 7.05 Å². The van der Waals surface area contributed by atoms with Crippen molar-refractivity contribution >= 4 is 28.4 Å². The predicted molar refractivity (Wildman–Crippen MR) is 79.0 cm³/mol. The highest BCUT2D eigenvalue weighted by Crippen LogP contribution is 2.29. The summed E-state index contributed by atoms with van der Waals surface area (Å²) in [6, 6.07) is 4.66. The van der Waals surface area contributed by atoms with Gasteiger partial charge in [0.2, 0.25) is 0 Å². The van der Waals surface area contributed by atoms with Crippen molar-refractivity contribution in [3.63, 3.8) is 0 Å². The van der Waals surface area contributed by atoms with Gasteiger partial charge in [0, 0.05) is 42.3 Å². The normalized spacial score (nSPS) is 21.6. The number of benzene rings is 1. The van der Waals surface area contributed by atoms with E-state index in [9.17, 15) is 15.2 Å². The van der Waals surface area contributed by atoms with Crippen LogP contribution in [0.4, 0.5) is 5.69 Å². The summed E-state index contributed by atoms with van der Waals surface area (Å²) >= 11 is 0. The van der Waals surface area contributed by atoms with Gasteiger partial charge in [-0.15, -0.1) is 0 Å². The van der Waals surface area contributed by atoms with Gasteiger partial charge in [-0.1, -0.05) is 13.0 Å². The van der Waals surface area contributed by atoms with Gasteiger partial charge in [-0.25, -0.2) is 0 Å². The second-order valence-electron chi connectivity index (χ2n) is 5.10. The lowest BCUT2D eigenvalue weighted by atomic mass is 10.00. The molecule has 2 atom stereocenters. The Bertz CT molecular complexity index is 791. The fraction of sp³-hybridized carbons (Fsp3) is 0.286. The van der Waals surface area contributed by atoms with E-state index in [0.717, 1.165) is 11.1 Å². The Morgan fingerprint density at radius 2 is 2.19 bits per heavy atom. The van der Waals surface area contributed by atoms with Gasteiger partial charge in [0.15, 0.2) is 6.23 Å². The highest BCUT2D eigenvalue weighted by Gasteiger charge is 2.20. The van der Waals surface area contributed by atoms with Crippen LogP contribution in [0.1, 0.15) is 12.6 Å². The van der Waals surface area contributed by atoms with Crippen LogP contribution in [0, 0.1) is 16.0 Å². The van der Waals surface area contributed by atoms with Crippen molar-refractivity contribution in [2.45, 2.75) is 13.2 Å². The number of fused-ring (bicyclic) bond motifs is 1. The molecule has 1 N–H and O–H groups in total. The van der Waals surface area contributed by atoms with Gasteiger partial charge in [0.1, 0.15) is 5.69 Å². The molecule has 1 aliphatic rings. The highest BCUT2D eigenvalue weighted by atomic mass is 16.6. The molecule has 0 radical (unpaired) electrons. The van der Waals surface area contributed by atoms with Crippen LogP contribution in [0.5, 0.6) is 0 Å². The molecule has 21 heavy (non-hydrogen) atoms. The fourth-order valence-electron chi connectivity index (χ4n) is 2.43. The van der Waals surface area contributed by atoms with E-state index < -0.39 is 11.2 Å². The first-order chi connectivity index (χ1) is 9.97. The number of aliphatic hydroxyl groups excluding tert-OH is 1. The molecule has 1 aromatic carbocycles. The third-order valence-electron chi connectivity index (χ3n) is 3.60. The maximum atomic E-state index is 10.9. The zero-order chi connectivity index (χ0) is 15.1. The molecule has 0 saturated heterocycles. The van der Waals surface area contributed by atoms with E-state index in [0.29, 0.717) is 11.1 Å². The minimum Gasteiger partial charge on any atom is -0.371 e.